The Kier molecular flexibility index (Phi) is 5.03. The van der Waals surface area contributed by atoms with Crippen LogP contribution in [0, 0.1) is 3.70 Å². The number of ether oxygens (including phenoxy) is 1. The summed E-state index contributed by atoms with van der Waals surface area (Å²) in [5.41, 5.74) is -0.198. The van der Waals surface area contributed by atoms with E-state index in [1.807, 2.05) is 0 Å². The lowest BCUT2D eigenvalue weighted by atomic mass is 10.2. The molecule has 1 heterocycles. The van der Waals surface area contributed by atoms with Crippen molar-refractivity contribution in [3.05, 3.63) is 25.5 Å². The van der Waals surface area contributed by atoms with Crippen LogP contribution >= 0.6 is 38.5 Å². The Morgan fingerprint density at radius 2 is 2.31 bits per heavy atom. The third-order valence-corrected chi connectivity index (χ3v) is 3.14. The van der Waals surface area contributed by atoms with Crippen LogP contribution < -0.4 is 0 Å². The summed E-state index contributed by atoms with van der Waals surface area (Å²) >= 11 is 4.65. The summed E-state index contributed by atoms with van der Waals surface area (Å²) in [6, 6.07) is 1.24. The minimum absolute atomic E-state index is 0.0162. The van der Waals surface area contributed by atoms with Crippen LogP contribution in [-0.4, -0.2) is 17.6 Å². The van der Waals surface area contributed by atoms with Gasteiger partial charge < -0.3 is 4.74 Å². The van der Waals surface area contributed by atoms with Gasteiger partial charge in [0, 0.05) is 4.47 Å². The molecular weight excluding hydrogens is 399 g/mol. The highest BCUT2D eigenvalue weighted by Gasteiger charge is 2.20. The molecule has 0 radical (unpaired) electrons. The monoisotopic (exact) mass is 405 g/mol. The average molecular weight is 406 g/mol. The molecule has 0 N–H and O–H groups in total. The highest BCUT2D eigenvalue weighted by atomic mass is 127. The first kappa shape index (κ1) is 13.8. The molecule has 1 rings (SSSR count). The third-order valence-electron chi connectivity index (χ3n) is 1.66. The lowest BCUT2D eigenvalue weighted by Gasteiger charge is -2.08. The molecule has 16 heavy (non-hydrogen) atoms. The molecule has 3 nitrogen and oxygen atoms in total. The number of aromatic nitrogens is 1. The lowest BCUT2D eigenvalue weighted by Crippen LogP contribution is -2.09. The molecule has 1 aromatic heterocycles. The zero-order valence-electron chi connectivity index (χ0n) is 8.14. The number of rotatable bonds is 3. The first-order chi connectivity index (χ1) is 7.47. The van der Waals surface area contributed by atoms with E-state index in [-0.39, 0.29) is 26.0 Å². The van der Waals surface area contributed by atoms with E-state index in [0.717, 1.165) is 0 Å². The number of alkyl halides is 2. The number of carbonyl (C=O) groups is 1. The molecule has 7 heteroatoms. The number of halogens is 4. The van der Waals surface area contributed by atoms with Crippen LogP contribution in [0.3, 0.4) is 0 Å². The molecule has 0 aliphatic carbocycles. The summed E-state index contributed by atoms with van der Waals surface area (Å²) in [6.07, 6.45) is -2.63. The molecule has 0 amide bonds. The van der Waals surface area contributed by atoms with Crippen molar-refractivity contribution in [1.29, 1.82) is 0 Å². The predicted octanol–water partition coefficient (Wildman–Crippen LogP) is 3.56. The lowest BCUT2D eigenvalue weighted by molar-refractivity contribution is 0.0518. The van der Waals surface area contributed by atoms with Gasteiger partial charge in [0.05, 0.1) is 12.2 Å². The highest BCUT2D eigenvalue weighted by Crippen LogP contribution is 2.31. The van der Waals surface area contributed by atoms with Gasteiger partial charge in [-0.15, -0.1) is 0 Å². The normalized spacial score (nSPS) is 10.6. The maximum Gasteiger partial charge on any atom is 0.356 e. The fourth-order valence-corrected chi connectivity index (χ4v) is 2.73. The van der Waals surface area contributed by atoms with Crippen molar-refractivity contribution in [2.75, 3.05) is 6.61 Å². The van der Waals surface area contributed by atoms with Crippen LogP contribution in [-0.2, 0) is 4.74 Å². The van der Waals surface area contributed by atoms with Crippen LogP contribution in [0.15, 0.2) is 10.5 Å². The molecule has 0 aliphatic heterocycles. The molecule has 0 unspecified atom stereocenters. The minimum atomic E-state index is -2.63. The average Bonchev–Trinajstić information content (AvgIpc) is 2.16. The topological polar surface area (TPSA) is 39.2 Å². The van der Waals surface area contributed by atoms with Crippen molar-refractivity contribution >= 4 is 44.5 Å². The van der Waals surface area contributed by atoms with Crippen molar-refractivity contribution < 1.29 is 18.3 Å². The Morgan fingerprint density at radius 1 is 1.69 bits per heavy atom. The van der Waals surface area contributed by atoms with Gasteiger partial charge in [-0.1, -0.05) is 15.9 Å². The van der Waals surface area contributed by atoms with E-state index < -0.39 is 12.4 Å². The van der Waals surface area contributed by atoms with Gasteiger partial charge in [-0.05, 0) is 35.6 Å². The fraction of sp³-hybridized carbons (Fsp3) is 0.333. The number of pyridine rings is 1. The van der Waals surface area contributed by atoms with Crippen molar-refractivity contribution in [3.8, 4) is 0 Å². The van der Waals surface area contributed by atoms with E-state index in [1.165, 1.54) is 6.07 Å². The molecule has 0 saturated carbocycles. The van der Waals surface area contributed by atoms with Gasteiger partial charge in [0.2, 0.25) is 0 Å². The second-order valence-corrected chi connectivity index (χ2v) is 4.59. The van der Waals surface area contributed by atoms with Crippen LogP contribution in [0.5, 0.6) is 0 Å². The van der Waals surface area contributed by atoms with Crippen molar-refractivity contribution in [2.45, 2.75) is 13.3 Å². The van der Waals surface area contributed by atoms with Gasteiger partial charge in [0.1, 0.15) is 3.70 Å². The van der Waals surface area contributed by atoms with E-state index >= 15 is 0 Å². The van der Waals surface area contributed by atoms with Crippen LogP contribution in [0.1, 0.15) is 29.4 Å². The van der Waals surface area contributed by atoms with Gasteiger partial charge in [-0.25, -0.2) is 18.6 Å². The number of nitrogens with zero attached hydrogens (tertiary/aromatic N) is 1. The van der Waals surface area contributed by atoms with E-state index in [9.17, 15) is 13.6 Å². The van der Waals surface area contributed by atoms with Crippen LogP contribution in [0.25, 0.3) is 0 Å². The van der Waals surface area contributed by atoms with Crippen LogP contribution in [0.2, 0.25) is 0 Å². The zero-order chi connectivity index (χ0) is 12.3. The Labute approximate surface area is 113 Å². The summed E-state index contributed by atoms with van der Waals surface area (Å²) in [6.45, 7) is 1.87. The van der Waals surface area contributed by atoms with Crippen molar-refractivity contribution in [3.63, 3.8) is 0 Å². The van der Waals surface area contributed by atoms with E-state index in [1.54, 1.807) is 29.5 Å². The summed E-state index contributed by atoms with van der Waals surface area (Å²) in [7, 11) is 0. The largest absolute Gasteiger partial charge is 0.461 e. The molecule has 0 atom stereocenters. The van der Waals surface area contributed by atoms with Gasteiger partial charge in [-0.3, -0.25) is 0 Å². The maximum absolute atomic E-state index is 12.6. The minimum Gasteiger partial charge on any atom is -0.461 e. The number of hydrogen-bond donors (Lipinski definition) is 0. The molecule has 0 fully saturated rings. The Balaban J connectivity index is 3.14. The molecular formula is C9H7BrF2INO2. The second-order valence-electron chi connectivity index (χ2n) is 2.71. The van der Waals surface area contributed by atoms with Gasteiger partial charge in [-0.2, -0.15) is 0 Å². The molecule has 0 saturated heterocycles. The highest BCUT2D eigenvalue weighted by molar-refractivity contribution is 14.1. The van der Waals surface area contributed by atoms with Crippen molar-refractivity contribution in [2.24, 2.45) is 0 Å². The molecule has 0 aromatic carbocycles. The third kappa shape index (κ3) is 3.09. The number of hydrogen-bond acceptors (Lipinski definition) is 3. The molecule has 1 aromatic rings. The van der Waals surface area contributed by atoms with Crippen LogP contribution in [0.4, 0.5) is 8.78 Å². The Hall–Kier alpha value is -0.310. The van der Waals surface area contributed by atoms with E-state index in [2.05, 4.69) is 20.9 Å². The second kappa shape index (κ2) is 5.85. The SMILES string of the molecule is CCOC(=O)c1cc(Br)c(C(F)F)c(I)n1. The molecule has 0 spiro atoms. The number of carbonyl (C=O) groups excluding carboxylic acids is 1. The Morgan fingerprint density at radius 3 is 2.75 bits per heavy atom. The fourth-order valence-electron chi connectivity index (χ4n) is 0.998. The summed E-state index contributed by atoms with van der Waals surface area (Å²) < 4.78 is 30.1. The summed E-state index contributed by atoms with van der Waals surface area (Å²) in [4.78, 5) is 15.1. The smallest absolute Gasteiger partial charge is 0.356 e. The molecule has 88 valence electrons. The zero-order valence-corrected chi connectivity index (χ0v) is 11.9. The van der Waals surface area contributed by atoms with Gasteiger partial charge in [0.25, 0.3) is 6.43 Å². The quantitative estimate of drug-likeness (QED) is 0.438. The molecule has 0 aliphatic rings. The summed E-state index contributed by atoms with van der Waals surface area (Å²) in [5, 5.41) is 0. The number of esters is 1. The van der Waals surface area contributed by atoms with Gasteiger partial charge >= 0.3 is 5.97 Å². The summed E-state index contributed by atoms with van der Waals surface area (Å²) in [5.74, 6) is -0.623. The first-order valence-corrected chi connectivity index (χ1v) is 6.15. The Bertz CT molecular complexity index is 391. The first-order valence-electron chi connectivity index (χ1n) is 4.28. The van der Waals surface area contributed by atoms with Gasteiger partial charge in [0.15, 0.2) is 5.69 Å². The van der Waals surface area contributed by atoms with E-state index in [4.69, 9.17) is 4.74 Å². The standard InChI is InChI=1S/C9H7BrF2INO2/c1-2-16-9(15)5-3-4(10)6(7(11)12)8(13)14-5/h3,7H,2H2,1H3. The molecule has 0 bridgehead atoms. The van der Waals surface area contributed by atoms with E-state index in [0.29, 0.717) is 0 Å². The van der Waals surface area contributed by atoms with Crippen molar-refractivity contribution in [1.82, 2.24) is 4.98 Å². The maximum atomic E-state index is 12.6. The predicted molar refractivity (Wildman–Crippen MR) is 65.6 cm³/mol.